The van der Waals surface area contributed by atoms with Gasteiger partial charge in [-0.25, -0.2) is 0 Å². The van der Waals surface area contributed by atoms with Gasteiger partial charge < -0.3 is 26.2 Å². The zero-order chi connectivity index (χ0) is 28.6. The van der Waals surface area contributed by atoms with Gasteiger partial charge in [-0.3, -0.25) is 19.4 Å². The summed E-state index contributed by atoms with van der Waals surface area (Å²) < 4.78 is 5.88. The molecule has 0 bridgehead atoms. The van der Waals surface area contributed by atoms with Crippen LogP contribution in [0.25, 0.3) is 0 Å². The van der Waals surface area contributed by atoms with Gasteiger partial charge in [0.15, 0.2) is 0 Å². The summed E-state index contributed by atoms with van der Waals surface area (Å²) in [5.41, 5.74) is 7.62. The zero-order valence-electron chi connectivity index (χ0n) is 23.4. The number of aliphatic carboxylic acids is 1. The number of unbranched alkanes of at least 4 members (excludes halogenated alkanes) is 4. The van der Waals surface area contributed by atoms with Crippen LogP contribution in [0.5, 0.6) is 5.75 Å². The maximum atomic E-state index is 13.2. The first-order chi connectivity index (χ1) is 19.5. The Morgan fingerprint density at radius 3 is 2.27 bits per heavy atom. The minimum Gasteiger partial charge on any atom is -0.489 e. The number of hydrogen-bond acceptors (Lipinski definition) is 6. The van der Waals surface area contributed by atoms with Gasteiger partial charge in [0, 0.05) is 37.8 Å². The number of rotatable bonds is 17. The number of carboxylic acids is 1. The summed E-state index contributed by atoms with van der Waals surface area (Å²) in [5.74, 6) is -0.231. The van der Waals surface area contributed by atoms with Crippen molar-refractivity contribution in [3.05, 3.63) is 59.9 Å². The molecule has 5 N–H and O–H groups in total. The monoisotopic (exact) mass is 552 g/mol. The van der Waals surface area contributed by atoms with Crippen molar-refractivity contribution in [3.63, 3.8) is 0 Å². The molecule has 1 saturated carbocycles. The largest absolute Gasteiger partial charge is 0.489 e. The topological polar surface area (TPSA) is 144 Å². The number of aromatic nitrogens is 1. The molecule has 0 saturated heterocycles. The third kappa shape index (κ3) is 11.0. The molecule has 2 aromatic rings. The van der Waals surface area contributed by atoms with Crippen LogP contribution in [-0.4, -0.2) is 47.5 Å². The molecule has 1 aromatic heterocycles. The molecule has 218 valence electrons. The Bertz CT molecular complexity index is 1040. The van der Waals surface area contributed by atoms with E-state index in [1.165, 1.54) is 0 Å². The normalized spacial score (nSPS) is 17.5. The summed E-state index contributed by atoms with van der Waals surface area (Å²) in [6.07, 6.45) is 11.5. The van der Waals surface area contributed by atoms with E-state index in [-0.39, 0.29) is 30.7 Å². The molecule has 1 aliphatic rings. The molecule has 0 spiro atoms. The maximum absolute atomic E-state index is 13.2. The molecular weight excluding hydrogens is 508 g/mol. The Hall–Kier alpha value is -3.46. The minimum absolute atomic E-state index is 0.00642. The van der Waals surface area contributed by atoms with Crippen LogP contribution in [0.15, 0.2) is 48.8 Å². The number of ether oxygens (including phenoxy) is 1. The lowest BCUT2D eigenvalue weighted by Crippen LogP contribution is -2.40. The van der Waals surface area contributed by atoms with Gasteiger partial charge in [-0.2, -0.15) is 0 Å². The maximum Gasteiger partial charge on any atom is 0.303 e. The van der Waals surface area contributed by atoms with Crippen LogP contribution in [0.2, 0.25) is 0 Å². The van der Waals surface area contributed by atoms with Gasteiger partial charge in [-0.1, -0.05) is 31.4 Å². The fourth-order valence-electron chi connectivity index (χ4n) is 5.08. The number of pyridine rings is 1. The number of carbonyl (C=O) groups is 3. The highest BCUT2D eigenvalue weighted by Crippen LogP contribution is 2.28. The van der Waals surface area contributed by atoms with Crippen molar-refractivity contribution < 1.29 is 24.2 Å². The first-order valence-corrected chi connectivity index (χ1v) is 14.5. The van der Waals surface area contributed by atoms with Crippen LogP contribution in [0.3, 0.4) is 0 Å². The van der Waals surface area contributed by atoms with E-state index in [0.717, 1.165) is 62.5 Å². The molecule has 0 radical (unpaired) electrons. The first-order valence-electron chi connectivity index (χ1n) is 14.5. The summed E-state index contributed by atoms with van der Waals surface area (Å²) in [4.78, 5) is 40.8. The van der Waals surface area contributed by atoms with Gasteiger partial charge in [0.1, 0.15) is 12.4 Å². The van der Waals surface area contributed by atoms with E-state index >= 15 is 0 Å². The number of hydrogen-bond donors (Lipinski definition) is 4. The second-order valence-electron chi connectivity index (χ2n) is 10.7. The molecule has 1 aliphatic carbocycles. The average molecular weight is 553 g/mol. The molecule has 9 nitrogen and oxygen atoms in total. The highest BCUT2D eigenvalue weighted by Gasteiger charge is 2.27. The van der Waals surface area contributed by atoms with Crippen molar-refractivity contribution in [3.8, 4) is 5.75 Å². The summed E-state index contributed by atoms with van der Waals surface area (Å²) in [7, 11) is 0. The fourth-order valence-corrected chi connectivity index (χ4v) is 5.08. The minimum atomic E-state index is -0.762. The second kappa shape index (κ2) is 17.3. The lowest BCUT2D eigenvalue weighted by molar-refractivity contribution is -0.137. The summed E-state index contributed by atoms with van der Waals surface area (Å²) in [5, 5.41) is 14.8. The molecule has 1 aromatic carbocycles. The third-order valence-electron chi connectivity index (χ3n) is 7.65. The van der Waals surface area contributed by atoms with Crippen LogP contribution in [0.4, 0.5) is 0 Å². The summed E-state index contributed by atoms with van der Waals surface area (Å²) in [6, 6.07) is 11.3. The molecule has 40 heavy (non-hydrogen) atoms. The van der Waals surface area contributed by atoms with E-state index in [1.54, 1.807) is 12.4 Å². The van der Waals surface area contributed by atoms with Gasteiger partial charge in [0.2, 0.25) is 11.8 Å². The Morgan fingerprint density at radius 2 is 1.60 bits per heavy atom. The molecule has 2 amide bonds. The second-order valence-corrected chi connectivity index (χ2v) is 10.7. The Labute approximate surface area is 237 Å². The zero-order valence-corrected chi connectivity index (χ0v) is 23.4. The van der Waals surface area contributed by atoms with Gasteiger partial charge in [0.05, 0.1) is 5.92 Å². The van der Waals surface area contributed by atoms with Crippen molar-refractivity contribution in [2.75, 3.05) is 19.6 Å². The van der Waals surface area contributed by atoms with Crippen LogP contribution < -0.4 is 21.1 Å². The number of carbonyl (C=O) groups excluding carboxylic acids is 2. The molecule has 1 fully saturated rings. The van der Waals surface area contributed by atoms with Crippen molar-refractivity contribution >= 4 is 17.8 Å². The molecule has 1 heterocycles. The number of carboxylic acid groups (broad SMARTS) is 1. The molecule has 1 unspecified atom stereocenters. The van der Waals surface area contributed by atoms with Crippen molar-refractivity contribution in [1.29, 1.82) is 0 Å². The van der Waals surface area contributed by atoms with E-state index in [9.17, 15) is 14.4 Å². The smallest absolute Gasteiger partial charge is 0.303 e. The van der Waals surface area contributed by atoms with Crippen LogP contribution in [0, 0.1) is 11.8 Å². The van der Waals surface area contributed by atoms with Gasteiger partial charge in [-0.05, 0) is 86.4 Å². The van der Waals surface area contributed by atoms with Crippen molar-refractivity contribution in [2.24, 2.45) is 17.6 Å². The van der Waals surface area contributed by atoms with E-state index in [2.05, 4.69) is 15.6 Å². The van der Waals surface area contributed by atoms with E-state index in [0.29, 0.717) is 37.8 Å². The quantitative estimate of drug-likeness (QED) is 0.216. The van der Waals surface area contributed by atoms with Crippen LogP contribution in [-0.2, 0) is 21.0 Å². The van der Waals surface area contributed by atoms with Gasteiger partial charge >= 0.3 is 5.97 Å². The summed E-state index contributed by atoms with van der Waals surface area (Å²) >= 11 is 0. The lowest BCUT2D eigenvalue weighted by Gasteiger charge is -2.27. The van der Waals surface area contributed by atoms with E-state index < -0.39 is 11.9 Å². The molecule has 0 aliphatic heterocycles. The lowest BCUT2D eigenvalue weighted by atomic mass is 9.81. The Morgan fingerprint density at radius 1 is 0.925 bits per heavy atom. The molecule has 3 rings (SSSR count). The van der Waals surface area contributed by atoms with Crippen molar-refractivity contribution in [1.82, 2.24) is 15.6 Å². The van der Waals surface area contributed by atoms with Crippen LogP contribution >= 0.6 is 0 Å². The van der Waals surface area contributed by atoms with E-state index in [4.69, 9.17) is 15.6 Å². The number of benzene rings is 1. The SMILES string of the molecule is NCC1CCC(C(=O)NCC(C(=O)NCCCCCCCC(=O)O)c2ccc(OCc3ccncc3)cc2)CC1. The highest BCUT2D eigenvalue weighted by molar-refractivity contribution is 5.85. The predicted octanol–water partition coefficient (Wildman–Crippen LogP) is 4.17. The number of nitrogens with zero attached hydrogens (tertiary/aromatic N) is 1. The fraction of sp³-hybridized carbons (Fsp3) is 0.548. The highest BCUT2D eigenvalue weighted by atomic mass is 16.5. The standard InChI is InChI=1S/C31H44N4O5/c32-20-23-7-9-26(10-8-23)30(38)35-21-28(31(39)34-17-5-3-1-2-4-6-29(36)37)25-11-13-27(14-12-25)40-22-24-15-18-33-19-16-24/h11-16,18-19,23,26,28H,1-10,17,20-22,32H2,(H,34,39)(H,35,38)(H,36,37). The third-order valence-corrected chi connectivity index (χ3v) is 7.65. The molecule has 1 atom stereocenters. The Balaban J connectivity index is 1.53. The summed E-state index contributed by atoms with van der Waals surface area (Å²) in [6.45, 7) is 1.86. The van der Waals surface area contributed by atoms with Gasteiger partial charge in [0.25, 0.3) is 0 Å². The van der Waals surface area contributed by atoms with Gasteiger partial charge in [-0.15, -0.1) is 0 Å². The number of nitrogens with two attached hydrogens (primary N) is 1. The van der Waals surface area contributed by atoms with Crippen LogP contribution in [0.1, 0.15) is 81.3 Å². The molecular formula is C31H44N4O5. The van der Waals surface area contributed by atoms with E-state index in [1.807, 2.05) is 36.4 Å². The average Bonchev–Trinajstić information content (AvgIpc) is 2.98. The number of amides is 2. The predicted molar refractivity (Wildman–Crippen MR) is 154 cm³/mol. The molecule has 9 heteroatoms. The first kappa shape index (κ1) is 31.1. The number of nitrogens with one attached hydrogen (secondary N) is 2. The Kier molecular flexibility index (Phi) is 13.4. The van der Waals surface area contributed by atoms with Crippen molar-refractivity contribution in [2.45, 2.75) is 76.7 Å².